The lowest BCUT2D eigenvalue weighted by atomic mass is 10.0. The van der Waals surface area contributed by atoms with Crippen molar-refractivity contribution in [2.75, 3.05) is 11.5 Å². The van der Waals surface area contributed by atoms with E-state index in [1.807, 2.05) is 0 Å². The fourth-order valence-electron chi connectivity index (χ4n) is 1.60. The molecule has 1 unspecified atom stereocenters. The van der Waals surface area contributed by atoms with Gasteiger partial charge in [-0.15, -0.1) is 0 Å². The lowest BCUT2D eigenvalue weighted by Crippen LogP contribution is -2.19. The zero-order valence-electron chi connectivity index (χ0n) is 10.5. The summed E-state index contributed by atoms with van der Waals surface area (Å²) < 4.78 is 38.4. The first-order valence-corrected chi connectivity index (χ1v) is 6.97. The summed E-state index contributed by atoms with van der Waals surface area (Å²) in [5, 5.41) is 0. The monoisotopic (exact) mass is 277 g/mol. The van der Waals surface area contributed by atoms with Gasteiger partial charge in [0.2, 0.25) is 0 Å². The largest absolute Gasteiger partial charge is 0.416 e. The molecular weight excluding hydrogens is 259 g/mol. The summed E-state index contributed by atoms with van der Waals surface area (Å²) in [6.07, 6.45) is -4.34. The van der Waals surface area contributed by atoms with E-state index >= 15 is 0 Å². The zero-order valence-corrected chi connectivity index (χ0v) is 11.3. The molecule has 5 heteroatoms. The Morgan fingerprint density at radius 1 is 1.17 bits per heavy atom. The maximum Gasteiger partial charge on any atom is 0.416 e. The topological polar surface area (TPSA) is 26.0 Å². The van der Waals surface area contributed by atoms with Gasteiger partial charge in [0.05, 0.1) is 5.56 Å². The minimum absolute atomic E-state index is 0.182. The van der Waals surface area contributed by atoms with Crippen LogP contribution in [0.5, 0.6) is 0 Å². The molecule has 0 aliphatic rings. The molecule has 0 heterocycles. The normalized spacial score (nSPS) is 13.9. The lowest BCUT2D eigenvalue weighted by Gasteiger charge is -2.18. The maximum absolute atomic E-state index is 12.8. The molecule has 2 N–H and O–H groups in total. The Bertz CT molecular complexity index is 377. The summed E-state index contributed by atoms with van der Waals surface area (Å²) in [6.45, 7) is 4.14. The molecule has 0 aliphatic heterocycles. The van der Waals surface area contributed by atoms with Crippen LogP contribution in [-0.2, 0) is 6.18 Å². The summed E-state index contributed by atoms with van der Waals surface area (Å²) in [4.78, 5) is 0. The predicted molar refractivity (Wildman–Crippen MR) is 70.5 cm³/mol. The van der Waals surface area contributed by atoms with E-state index in [9.17, 15) is 13.2 Å². The quantitative estimate of drug-likeness (QED) is 0.877. The third-order valence-electron chi connectivity index (χ3n) is 2.41. The summed E-state index contributed by atoms with van der Waals surface area (Å²) in [5.41, 5.74) is 5.42. The van der Waals surface area contributed by atoms with Gasteiger partial charge in [-0.3, -0.25) is 0 Å². The first kappa shape index (κ1) is 15.4. The van der Waals surface area contributed by atoms with Crippen molar-refractivity contribution in [2.45, 2.75) is 26.1 Å². The number of halogens is 3. The molecule has 0 spiro atoms. The van der Waals surface area contributed by atoms with Gasteiger partial charge < -0.3 is 5.73 Å². The average molecular weight is 277 g/mol. The van der Waals surface area contributed by atoms with Crippen LogP contribution in [0.4, 0.5) is 13.2 Å². The average Bonchev–Trinajstić information content (AvgIpc) is 2.27. The Labute approximate surface area is 110 Å². The molecule has 0 aromatic heterocycles. The minimum Gasteiger partial charge on any atom is -0.323 e. The molecule has 1 atom stereocenters. The molecule has 18 heavy (non-hydrogen) atoms. The van der Waals surface area contributed by atoms with Crippen LogP contribution in [0.15, 0.2) is 24.3 Å². The van der Waals surface area contributed by atoms with Gasteiger partial charge in [-0.25, -0.2) is 0 Å². The van der Waals surface area contributed by atoms with Gasteiger partial charge in [0.15, 0.2) is 0 Å². The van der Waals surface area contributed by atoms with E-state index in [4.69, 9.17) is 5.73 Å². The van der Waals surface area contributed by atoms with Crippen LogP contribution in [0.3, 0.4) is 0 Å². The second-order valence-electron chi connectivity index (χ2n) is 4.62. The molecule has 1 aromatic rings. The summed E-state index contributed by atoms with van der Waals surface area (Å²) >= 11 is 1.59. The number of benzene rings is 1. The highest BCUT2D eigenvalue weighted by Crippen LogP contribution is 2.34. The maximum atomic E-state index is 12.8. The van der Waals surface area contributed by atoms with E-state index < -0.39 is 17.8 Å². The Hall–Kier alpha value is -0.680. The van der Waals surface area contributed by atoms with Crippen molar-refractivity contribution in [2.24, 2.45) is 11.7 Å². The van der Waals surface area contributed by atoms with Crippen LogP contribution < -0.4 is 5.73 Å². The molecule has 0 saturated carbocycles. The number of rotatable bonds is 5. The van der Waals surface area contributed by atoms with Gasteiger partial charge in [-0.2, -0.15) is 24.9 Å². The second kappa shape index (κ2) is 6.48. The summed E-state index contributed by atoms with van der Waals surface area (Å²) in [6, 6.07) is 4.95. The predicted octanol–water partition coefficient (Wildman–Crippen LogP) is 4.09. The summed E-state index contributed by atoms with van der Waals surface area (Å²) in [7, 11) is 0. The van der Waals surface area contributed by atoms with Gasteiger partial charge in [-0.05, 0) is 23.3 Å². The smallest absolute Gasteiger partial charge is 0.323 e. The minimum atomic E-state index is -4.34. The fourth-order valence-corrected chi connectivity index (χ4v) is 2.64. The highest BCUT2D eigenvalue weighted by molar-refractivity contribution is 7.99. The van der Waals surface area contributed by atoms with Crippen molar-refractivity contribution in [1.82, 2.24) is 0 Å². The zero-order chi connectivity index (χ0) is 13.8. The number of hydrogen-bond acceptors (Lipinski definition) is 2. The molecule has 0 fully saturated rings. The third kappa shape index (κ3) is 4.53. The van der Waals surface area contributed by atoms with E-state index in [-0.39, 0.29) is 5.56 Å². The number of hydrogen-bond donors (Lipinski definition) is 1. The first-order valence-electron chi connectivity index (χ1n) is 5.81. The number of nitrogens with two attached hydrogens (primary N) is 1. The van der Waals surface area contributed by atoms with E-state index in [1.165, 1.54) is 12.1 Å². The molecule has 0 saturated heterocycles. The molecule has 0 amide bonds. The van der Waals surface area contributed by atoms with E-state index in [2.05, 4.69) is 13.8 Å². The van der Waals surface area contributed by atoms with Gasteiger partial charge in [0.25, 0.3) is 0 Å². The van der Waals surface area contributed by atoms with E-state index in [0.29, 0.717) is 11.7 Å². The van der Waals surface area contributed by atoms with Crippen molar-refractivity contribution in [1.29, 1.82) is 0 Å². The van der Waals surface area contributed by atoms with Crippen LogP contribution in [0.25, 0.3) is 0 Å². The van der Waals surface area contributed by atoms with Crippen LogP contribution >= 0.6 is 11.8 Å². The van der Waals surface area contributed by atoms with Gasteiger partial charge >= 0.3 is 6.18 Å². The lowest BCUT2D eigenvalue weighted by molar-refractivity contribution is -0.138. The molecule has 1 aromatic carbocycles. The van der Waals surface area contributed by atoms with E-state index in [1.54, 1.807) is 17.8 Å². The van der Waals surface area contributed by atoms with Crippen molar-refractivity contribution in [3.05, 3.63) is 35.4 Å². The summed E-state index contributed by atoms with van der Waals surface area (Å²) in [5.74, 6) is 1.92. The SMILES string of the molecule is CC(C)CSCC(N)c1ccccc1C(F)(F)F. The van der Waals surface area contributed by atoms with Gasteiger partial charge in [-0.1, -0.05) is 32.0 Å². The molecular formula is C13H18F3NS. The van der Waals surface area contributed by atoms with Gasteiger partial charge in [0.1, 0.15) is 0 Å². The van der Waals surface area contributed by atoms with Crippen molar-refractivity contribution in [3.63, 3.8) is 0 Å². The number of thioether (sulfide) groups is 1. The van der Waals surface area contributed by atoms with Crippen LogP contribution in [0.2, 0.25) is 0 Å². The Morgan fingerprint density at radius 3 is 2.33 bits per heavy atom. The fraction of sp³-hybridized carbons (Fsp3) is 0.538. The van der Waals surface area contributed by atoms with Crippen molar-refractivity contribution in [3.8, 4) is 0 Å². The van der Waals surface area contributed by atoms with Crippen LogP contribution in [-0.4, -0.2) is 11.5 Å². The molecule has 0 aliphatic carbocycles. The highest BCUT2D eigenvalue weighted by atomic mass is 32.2. The van der Waals surface area contributed by atoms with Crippen molar-refractivity contribution >= 4 is 11.8 Å². The van der Waals surface area contributed by atoms with Crippen molar-refractivity contribution < 1.29 is 13.2 Å². The standard InChI is InChI=1S/C13H18F3NS/c1-9(2)7-18-8-12(17)10-5-3-4-6-11(10)13(14,15)16/h3-6,9,12H,7-8,17H2,1-2H3. The van der Waals surface area contributed by atoms with Crippen LogP contribution in [0, 0.1) is 5.92 Å². The molecule has 1 nitrogen and oxygen atoms in total. The molecule has 102 valence electrons. The molecule has 0 bridgehead atoms. The second-order valence-corrected chi connectivity index (χ2v) is 5.70. The van der Waals surface area contributed by atoms with Gasteiger partial charge in [0, 0.05) is 11.8 Å². The Morgan fingerprint density at radius 2 is 1.78 bits per heavy atom. The highest BCUT2D eigenvalue weighted by Gasteiger charge is 2.34. The molecule has 1 rings (SSSR count). The number of alkyl halides is 3. The Balaban J connectivity index is 2.76. The third-order valence-corrected chi connectivity index (χ3v) is 3.91. The molecule has 0 radical (unpaired) electrons. The Kier molecular flexibility index (Phi) is 5.53. The van der Waals surface area contributed by atoms with E-state index in [0.717, 1.165) is 11.8 Å². The first-order chi connectivity index (χ1) is 8.32. The van der Waals surface area contributed by atoms with Crippen LogP contribution in [0.1, 0.15) is 31.0 Å².